The van der Waals surface area contributed by atoms with Crippen molar-refractivity contribution in [2.24, 2.45) is 11.8 Å². The van der Waals surface area contributed by atoms with Crippen LogP contribution in [0.3, 0.4) is 0 Å². The molecule has 0 spiro atoms. The first-order chi connectivity index (χ1) is 10.3. The van der Waals surface area contributed by atoms with Gasteiger partial charge < -0.3 is 10.1 Å². The van der Waals surface area contributed by atoms with Gasteiger partial charge in [-0.05, 0) is 42.9 Å². The molecule has 0 saturated heterocycles. The number of methoxy groups -OCH3 is 1. The second-order valence-electron chi connectivity index (χ2n) is 6.24. The second-order valence-corrected chi connectivity index (χ2v) is 7.10. The molecule has 0 radical (unpaired) electrons. The molecule has 1 atom stereocenters. The first kappa shape index (κ1) is 17.0. The highest BCUT2D eigenvalue weighted by Crippen LogP contribution is 2.32. The van der Waals surface area contributed by atoms with Crippen LogP contribution in [0.2, 0.25) is 0 Å². The summed E-state index contributed by atoms with van der Waals surface area (Å²) in [4.78, 5) is 0. The number of ether oxygens (including phenoxy) is 1. The Morgan fingerprint density at radius 2 is 2.05 bits per heavy atom. The molecule has 1 aromatic rings. The van der Waals surface area contributed by atoms with Gasteiger partial charge in [0, 0.05) is 18.1 Å². The van der Waals surface area contributed by atoms with E-state index in [0.717, 1.165) is 38.0 Å². The minimum Gasteiger partial charge on any atom is -0.383 e. The summed E-state index contributed by atoms with van der Waals surface area (Å²) in [5, 5.41) is 3.56. The largest absolute Gasteiger partial charge is 0.383 e. The van der Waals surface area contributed by atoms with E-state index in [1.54, 1.807) is 7.11 Å². The molecule has 0 heterocycles. The molecular formula is C18H28BrNO. The monoisotopic (exact) mass is 353 g/mol. The summed E-state index contributed by atoms with van der Waals surface area (Å²) in [5.41, 5.74) is 1.44. The molecule has 1 saturated carbocycles. The van der Waals surface area contributed by atoms with Crippen molar-refractivity contribution in [3.63, 3.8) is 0 Å². The second kappa shape index (κ2) is 9.60. The Bertz CT molecular complexity index is 404. The Morgan fingerprint density at radius 3 is 2.76 bits per heavy atom. The molecule has 1 aromatic carbocycles. The zero-order valence-corrected chi connectivity index (χ0v) is 14.7. The fourth-order valence-electron chi connectivity index (χ4n) is 3.41. The van der Waals surface area contributed by atoms with Crippen LogP contribution < -0.4 is 5.32 Å². The summed E-state index contributed by atoms with van der Waals surface area (Å²) in [6.45, 7) is 2.85. The standard InChI is InChI=1S/C18H28BrNO/c1-21-11-10-20-14-16(12-15-6-2-3-7-15)13-17-8-4-5-9-18(17)19/h4-5,8-9,15-16,20H,2-3,6-7,10-14H2,1H3. The van der Waals surface area contributed by atoms with Gasteiger partial charge in [-0.25, -0.2) is 0 Å². The van der Waals surface area contributed by atoms with Crippen LogP contribution in [0.5, 0.6) is 0 Å². The number of benzene rings is 1. The van der Waals surface area contributed by atoms with E-state index >= 15 is 0 Å². The van der Waals surface area contributed by atoms with Crippen LogP contribution >= 0.6 is 15.9 Å². The summed E-state index contributed by atoms with van der Waals surface area (Å²) >= 11 is 3.69. The van der Waals surface area contributed by atoms with Crippen LogP contribution in [-0.4, -0.2) is 26.8 Å². The van der Waals surface area contributed by atoms with Gasteiger partial charge in [-0.15, -0.1) is 0 Å². The number of halogens is 1. The van der Waals surface area contributed by atoms with Gasteiger partial charge in [0.2, 0.25) is 0 Å². The number of nitrogens with one attached hydrogen (secondary N) is 1. The van der Waals surface area contributed by atoms with Crippen molar-refractivity contribution in [3.05, 3.63) is 34.3 Å². The van der Waals surface area contributed by atoms with Gasteiger partial charge >= 0.3 is 0 Å². The molecule has 1 unspecified atom stereocenters. The normalized spacial score (nSPS) is 17.2. The molecule has 1 aliphatic carbocycles. The van der Waals surface area contributed by atoms with Gasteiger partial charge in [0.15, 0.2) is 0 Å². The summed E-state index contributed by atoms with van der Waals surface area (Å²) in [6, 6.07) is 8.64. The topological polar surface area (TPSA) is 21.3 Å². The maximum Gasteiger partial charge on any atom is 0.0587 e. The Labute approximate surface area is 137 Å². The van der Waals surface area contributed by atoms with Crippen LogP contribution in [0.15, 0.2) is 28.7 Å². The van der Waals surface area contributed by atoms with E-state index in [4.69, 9.17) is 4.74 Å². The number of hydrogen-bond acceptors (Lipinski definition) is 2. The lowest BCUT2D eigenvalue weighted by Gasteiger charge is -2.22. The molecule has 1 aliphatic rings. The molecule has 118 valence electrons. The van der Waals surface area contributed by atoms with E-state index in [1.165, 1.54) is 42.1 Å². The lowest BCUT2D eigenvalue weighted by Crippen LogP contribution is -2.28. The van der Waals surface area contributed by atoms with Crippen molar-refractivity contribution in [2.75, 3.05) is 26.8 Å². The molecule has 0 aliphatic heterocycles. The van der Waals surface area contributed by atoms with Gasteiger partial charge in [0.05, 0.1) is 6.61 Å². The zero-order valence-electron chi connectivity index (χ0n) is 13.1. The molecule has 21 heavy (non-hydrogen) atoms. The van der Waals surface area contributed by atoms with Crippen molar-refractivity contribution in [3.8, 4) is 0 Å². The molecule has 1 fully saturated rings. The minimum atomic E-state index is 0.726. The smallest absolute Gasteiger partial charge is 0.0587 e. The Kier molecular flexibility index (Phi) is 7.76. The lowest BCUT2D eigenvalue weighted by molar-refractivity contribution is 0.196. The molecule has 0 amide bonds. The van der Waals surface area contributed by atoms with Gasteiger partial charge in [-0.3, -0.25) is 0 Å². The highest BCUT2D eigenvalue weighted by atomic mass is 79.9. The van der Waals surface area contributed by atoms with Gasteiger partial charge in [0.1, 0.15) is 0 Å². The molecular weight excluding hydrogens is 326 g/mol. The molecule has 0 aromatic heterocycles. The predicted molar refractivity (Wildman–Crippen MR) is 92.7 cm³/mol. The van der Waals surface area contributed by atoms with Crippen LogP contribution in [0.1, 0.15) is 37.7 Å². The van der Waals surface area contributed by atoms with E-state index in [2.05, 4.69) is 45.5 Å². The van der Waals surface area contributed by atoms with E-state index in [-0.39, 0.29) is 0 Å². The fourth-order valence-corrected chi connectivity index (χ4v) is 3.86. The third kappa shape index (κ3) is 6.09. The van der Waals surface area contributed by atoms with Crippen LogP contribution in [0.25, 0.3) is 0 Å². The summed E-state index contributed by atoms with van der Waals surface area (Å²) < 4.78 is 6.37. The minimum absolute atomic E-state index is 0.726. The highest BCUT2D eigenvalue weighted by Gasteiger charge is 2.20. The molecule has 2 rings (SSSR count). The number of rotatable bonds is 9. The lowest BCUT2D eigenvalue weighted by atomic mass is 9.88. The Morgan fingerprint density at radius 1 is 1.29 bits per heavy atom. The Hall–Kier alpha value is -0.380. The third-order valence-corrected chi connectivity index (χ3v) is 5.30. The first-order valence-corrected chi connectivity index (χ1v) is 9.02. The van der Waals surface area contributed by atoms with Crippen molar-refractivity contribution in [2.45, 2.75) is 38.5 Å². The quantitative estimate of drug-likeness (QED) is 0.663. The summed E-state index contributed by atoms with van der Waals surface area (Å²) in [6.07, 6.45) is 8.27. The van der Waals surface area contributed by atoms with Gasteiger partial charge in [-0.2, -0.15) is 0 Å². The van der Waals surface area contributed by atoms with E-state index < -0.39 is 0 Å². The van der Waals surface area contributed by atoms with Crippen molar-refractivity contribution < 1.29 is 4.74 Å². The first-order valence-electron chi connectivity index (χ1n) is 8.22. The SMILES string of the molecule is COCCNCC(Cc1ccccc1Br)CC1CCCC1. The molecule has 1 N–H and O–H groups in total. The fraction of sp³-hybridized carbons (Fsp3) is 0.667. The van der Waals surface area contributed by atoms with Crippen LogP contribution in [-0.2, 0) is 11.2 Å². The summed E-state index contributed by atoms with van der Waals surface area (Å²) in [5.74, 6) is 1.67. The highest BCUT2D eigenvalue weighted by molar-refractivity contribution is 9.10. The maximum absolute atomic E-state index is 5.12. The Balaban J connectivity index is 1.88. The number of hydrogen-bond donors (Lipinski definition) is 1. The predicted octanol–water partition coefficient (Wildman–Crippen LogP) is 4.42. The molecule has 2 nitrogen and oxygen atoms in total. The van der Waals surface area contributed by atoms with E-state index in [0.29, 0.717) is 0 Å². The average Bonchev–Trinajstić information content (AvgIpc) is 2.99. The van der Waals surface area contributed by atoms with Gasteiger partial charge in [-0.1, -0.05) is 59.8 Å². The maximum atomic E-state index is 5.12. The summed E-state index contributed by atoms with van der Waals surface area (Å²) in [7, 11) is 1.76. The van der Waals surface area contributed by atoms with E-state index in [9.17, 15) is 0 Å². The zero-order chi connectivity index (χ0) is 14.9. The van der Waals surface area contributed by atoms with Gasteiger partial charge in [0.25, 0.3) is 0 Å². The van der Waals surface area contributed by atoms with E-state index in [1.807, 2.05) is 0 Å². The third-order valence-electron chi connectivity index (χ3n) is 4.52. The van der Waals surface area contributed by atoms with Crippen molar-refractivity contribution in [1.29, 1.82) is 0 Å². The van der Waals surface area contributed by atoms with Crippen molar-refractivity contribution in [1.82, 2.24) is 5.32 Å². The molecule has 3 heteroatoms. The average molecular weight is 354 g/mol. The molecule has 0 bridgehead atoms. The van der Waals surface area contributed by atoms with Crippen LogP contribution in [0, 0.1) is 11.8 Å². The van der Waals surface area contributed by atoms with Crippen molar-refractivity contribution >= 4 is 15.9 Å². The van der Waals surface area contributed by atoms with Crippen LogP contribution in [0.4, 0.5) is 0 Å².